The second-order valence-corrected chi connectivity index (χ2v) is 8.46. The Kier molecular flexibility index (Phi) is 3.34. The SMILES string of the molecule is C[C@H](NC1C2CC3CC(C2)CC1C3)C(=O)c1c[nH]c2ccccc12. The third-order valence-corrected chi connectivity index (χ3v) is 6.92. The Balaban J connectivity index is 1.35. The molecule has 1 heterocycles. The van der Waals surface area contributed by atoms with E-state index in [1.165, 1.54) is 32.1 Å². The van der Waals surface area contributed by atoms with Crippen molar-refractivity contribution >= 4 is 16.7 Å². The topological polar surface area (TPSA) is 44.9 Å². The van der Waals surface area contributed by atoms with E-state index in [9.17, 15) is 4.79 Å². The van der Waals surface area contributed by atoms with Crippen LogP contribution in [0.2, 0.25) is 0 Å². The van der Waals surface area contributed by atoms with Gasteiger partial charge in [-0.1, -0.05) is 18.2 Å². The summed E-state index contributed by atoms with van der Waals surface area (Å²) in [7, 11) is 0. The summed E-state index contributed by atoms with van der Waals surface area (Å²) in [6, 6.07) is 8.52. The normalized spacial score (nSPS) is 35.5. The molecular formula is C21H26N2O. The van der Waals surface area contributed by atoms with Gasteiger partial charge in [0.2, 0.25) is 0 Å². The van der Waals surface area contributed by atoms with Crippen molar-refractivity contribution in [2.24, 2.45) is 23.7 Å². The van der Waals surface area contributed by atoms with Crippen molar-refractivity contribution in [1.29, 1.82) is 0 Å². The van der Waals surface area contributed by atoms with E-state index in [4.69, 9.17) is 0 Å². The molecule has 0 radical (unpaired) electrons. The highest BCUT2D eigenvalue weighted by molar-refractivity contribution is 6.10. The maximum atomic E-state index is 13.0. The van der Waals surface area contributed by atoms with Crippen molar-refractivity contribution in [1.82, 2.24) is 10.3 Å². The predicted molar refractivity (Wildman–Crippen MR) is 96.1 cm³/mol. The second-order valence-electron chi connectivity index (χ2n) is 8.46. The molecule has 0 amide bonds. The summed E-state index contributed by atoms with van der Waals surface area (Å²) in [5.41, 5.74) is 1.87. The minimum atomic E-state index is -0.105. The summed E-state index contributed by atoms with van der Waals surface area (Å²) in [5.74, 6) is 3.79. The van der Waals surface area contributed by atoms with E-state index in [-0.39, 0.29) is 11.8 Å². The van der Waals surface area contributed by atoms with Gasteiger partial charge in [-0.15, -0.1) is 0 Å². The van der Waals surface area contributed by atoms with Crippen molar-refractivity contribution < 1.29 is 4.79 Å². The molecule has 1 aromatic heterocycles. The molecule has 4 bridgehead atoms. The Morgan fingerprint density at radius 1 is 1.08 bits per heavy atom. The van der Waals surface area contributed by atoms with Crippen LogP contribution in [0.5, 0.6) is 0 Å². The number of rotatable bonds is 4. The Hall–Kier alpha value is -1.61. The quantitative estimate of drug-likeness (QED) is 0.831. The number of aromatic nitrogens is 1. The molecule has 4 fully saturated rings. The zero-order valence-electron chi connectivity index (χ0n) is 14.3. The number of Topliss-reactive ketones (excluding diaryl/α,β-unsaturated/α-hetero) is 1. The molecule has 4 aliphatic rings. The molecule has 1 atom stereocenters. The standard InChI is InChI=1S/C21H26N2O/c1-12(21(24)18-11-22-19-5-3-2-4-17(18)19)23-20-15-7-13-6-14(9-15)10-16(20)8-13/h2-5,11-16,20,22-23H,6-10H2,1H3/t12-,13?,14?,15?,16?,20?/m0/s1. The van der Waals surface area contributed by atoms with Crippen molar-refractivity contribution in [2.45, 2.75) is 51.1 Å². The Morgan fingerprint density at radius 3 is 2.46 bits per heavy atom. The molecular weight excluding hydrogens is 296 g/mol. The van der Waals surface area contributed by atoms with E-state index in [2.05, 4.69) is 17.2 Å². The van der Waals surface area contributed by atoms with E-state index >= 15 is 0 Å². The Bertz CT molecular complexity index is 749. The van der Waals surface area contributed by atoms with Gasteiger partial charge in [-0.25, -0.2) is 0 Å². The number of aromatic amines is 1. The number of hydrogen-bond acceptors (Lipinski definition) is 2. The molecule has 4 aliphatic carbocycles. The van der Waals surface area contributed by atoms with Gasteiger partial charge in [-0.3, -0.25) is 4.79 Å². The van der Waals surface area contributed by atoms with Gasteiger partial charge in [0, 0.05) is 28.7 Å². The first-order chi connectivity index (χ1) is 11.7. The molecule has 1 aromatic carbocycles. The molecule has 0 spiro atoms. The molecule has 24 heavy (non-hydrogen) atoms. The predicted octanol–water partition coefficient (Wildman–Crippen LogP) is 4.15. The van der Waals surface area contributed by atoms with E-state index in [1.54, 1.807) is 0 Å². The van der Waals surface area contributed by atoms with Crippen molar-refractivity contribution in [3.8, 4) is 0 Å². The van der Waals surface area contributed by atoms with Crippen LogP contribution in [0.4, 0.5) is 0 Å². The molecule has 0 aliphatic heterocycles. The van der Waals surface area contributed by atoms with Crippen LogP contribution in [-0.4, -0.2) is 22.9 Å². The lowest BCUT2D eigenvalue weighted by molar-refractivity contribution is -0.0161. The van der Waals surface area contributed by atoms with Crippen LogP contribution in [0, 0.1) is 23.7 Å². The van der Waals surface area contributed by atoms with Crippen LogP contribution in [0.15, 0.2) is 30.5 Å². The molecule has 3 heteroatoms. The lowest BCUT2D eigenvalue weighted by Crippen LogP contribution is -2.57. The molecule has 4 saturated carbocycles. The fraction of sp³-hybridized carbons (Fsp3) is 0.571. The van der Waals surface area contributed by atoms with Gasteiger partial charge >= 0.3 is 0 Å². The Labute approximate surface area is 143 Å². The molecule has 0 saturated heterocycles. The highest BCUT2D eigenvalue weighted by Gasteiger charge is 2.48. The summed E-state index contributed by atoms with van der Waals surface area (Å²) in [4.78, 5) is 16.2. The van der Waals surface area contributed by atoms with Crippen LogP contribution < -0.4 is 5.32 Å². The van der Waals surface area contributed by atoms with Gasteiger partial charge in [0.1, 0.15) is 0 Å². The van der Waals surface area contributed by atoms with Crippen LogP contribution in [-0.2, 0) is 0 Å². The summed E-state index contributed by atoms with van der Waals surface area (Å²) in [5, 5.41) is 4.79. The van der Waals surface area contributed by atoms with Gasteiger partial charge in [-0.2, -0.15) is 0 Å². The fourth-order valence-corrected chi connectivity index (χ4v) is 6.07. The third kappa shape index (κ3) is 2.25. The van der Waals surface area contributed by atoms with Gasteiger partial charge in [0.05, 0.1) is 6.04 Å². The molecule has 6 rings (SSSR count). The molecule has 3 nitrogen and oxygen atoms in total. The summed E-state index contributed by atoms with van der Waals surface area (Å²) in [6.45, 7) is 2.05. The maximum absolute atomic E-state index is 13.0. The average Bonchev–Trinajstić information content (AvgIpc) is 3.00. The van der Waals surface area contributed by atoms with Crippen LogP contribution in [0.25, 0.3) is 10.9 Å². The van der Waals surface area contributed by atoms with E-state index < -0.39 is 0 Å². The number of benzene rings is 1. The zero-order valence-corrected chi connectivity index (χ0v) is 14.3. The minimum absolute atomic E-state index is 0.105. The highest BCUT2D eigenvalue weighted by Crippen LogP contribution is 2.53. The lowest BCUT2D eigenvalue weighted by atomic mass is 9.54. The maximum Gasteiger partial charge on any atom is 0.181 e. The van der Waals surface area contributed by atoms with Crippen molar-refractivity contribution in [3.63, 3.8) is 0 Å². The Morgan fingerprint density at radius 2 is 1.75 bits per heavy atom. The van der Waals surface area contributed by atoms with Crippen LogP contribution in [0.3, 0.4) is 0 Å². The first kappa shape index (κ1) is 14.7. The largest absolute Gasteiger partial charge is 0.360 e. The van der Waals surface area contributed by atoms with E-state index in [1.807, 2.05) is 30.5 Å². The molecule has 2 N–H and O–H groups in total. The summed E-state index contributed by atoms with van der Waals surface area (Å²) < 4.78 is 0. The lowest BCUT2D eigenvalue weighted by Gasteiger charge is -2.55. The number of nitrogens with one attached hydrogen (secondary N) is 2. The van der Waals surface area contributed by atoms with Gasteiger partial charge < -0.3 is 10.3 Å². The second kappa shape index (κ2) is 5.45. The third-order valence-electron chi connectivity index (χ3n) is 6.92. The average molecular weight is 322 g/mol. The number of carbonyl (C=O) groups excluding carboxylic acids is 1. The number of carbonyl (C=O) groups is 1. The zero-order chi connectivity index (χ0) is 16.3. The number of hydrogen-bond donors (Lipinski definition) is 2. The first-order valence-corrected chi connectivity index (χ1v) is 9.55. The fourth-order valence-electron chi connectivity index (χ4n) is 6.07. The van der Waals surface area contributed by atoms with Crippen LogP contribution in [0.1, 0.15) is 49.4 Å². The van der Waals surface area contributed by atoms with Crippen molar-refractivity contribution in [3.05, 3.63) is 36.0 Å². The van der Waals surface area contributed by atoms with E-state index in [0.29, 0.717) is 6.04 Å². The van der Waals surface area contributed by atoms with Gasteiger partial charge in [0.25, 0.3) is 0 Å². The molecule has 0 unspecified atom stereocenters. The number of H-pyrrole nitrogens is 1. The van der Waals surface area contributed by atoms with Gasteiger partial charge in [0.15, 0.2) is 5.78 Å². The highest BCUT2D eigenvalue weighted by atomic mass is 16.1. The number of ketones is 1. The van der Waals surface area contributed by atoms with Gasteiger partial charge in [-0.05, 0) is 68.8 Å². The minimum Gasteiger partial charge on any atom is -0.360 e. The molecule has 126 valence electrons. The van der Waals surface area contributed by atoms with E-state index in [0.717, 1.165) is 40.1 Å². The summed E-state index contributed by atoms with van der Waals surface area (Å²) >= 11 is 0. The van der Waals surface area contributed by atoms with Crippen LogP contribution >= 0.6 is 0 Å². The van der Waals surface area contributed by atoms with Crippen molar-refractivity contribution in [2.75, 3.05) is 0 Å². The number of para-hydroxylation sites is 1. The first-order valence-electron chi connectivity index (χ1n) is 9.55. The number of fused-ring (bicyclic) bond motifs is 1. The molecule has 2 aromatic rings. The monoisotopic (exact) mass is 322 g/mol. The summed E-state index contributed by atoms with van der Waals surface area (Å²) in [6.07, 6.45) is 8.90. The smallest absolute Gasteiger partial charge is 0.181 e.